The van der Waals surface area contributed by atoms with E-state index in [1.165, 1.54) is 11.3 Å². The van der Waals surface area contributed by atoms with Crippen molar-refractivity contribution in [1.29, 1.82) is 0 Å². The number of esters is 1. The Morgan fingerprint density at radius 1 is 1.00 bits per heavy atom. The van der Waals surface area contributed by atoms with Gasteiger partial charge in [0.15, 0.2) is 6.61 Å². The molecule has 0 atom stereocenters. The number of carbonyl (C=O) groups excluding carboxylic acids is 2. The number of thiophene rings is 1. The predicted octanol–water partition coefficient (Wildman–Crippen LogP) is 5.73. The average Bonchev–Trinajstić information content (AvgIpc) is 3.18. The first-order chi connectivity index (χ1) is 14.5. The molecule has 5 nitrogen and oxygen atoms in total. The quantitative estimate of drug-likeness (QED) is 0.470. The molecule has 3 aromatic rings. The van der Waals surface area contributed by atoms with Gasteiger partial charge in [0.1, 0.15) is 10.8 Å². The van der Waals surface area contributed by atoms with Gasteiger partial charge >= 0.3 is 5.97 Å². The van der Waals surface area contributed by atoms with Gasteiger partial charge in [-0.25, -0.2) is 4.79 Å². The molecule has 0 aliphatic rings. The number of hydrogen-bond acceptors (Lipinski definition) is 5. The Labute approximate surface area is 180 Å². The summed E-state index contributed by atoms with van der Waals surface area (Å²) >= 11 is 1.38. The largest absolute Gasteiger partial charge is 0.484 e. The molecule has 0 aliphatic carbocycles. The van der Waals surface area contributed by atoms with Gasteiger partial charge in [0.2, 0.25) is 0 Å². The lowest BCUT2D eigenvalue weighted by atomic mass is 10.1. The summed E-state index contributed by atoms with van der Waals surface area (Å²) in [5, 5.41) is 3.28. The summed E-state index contributed by atoms with van der Waals surface area (Å²) in [6.07, 6.45) is 0. The summed E-state index contributed by atoms with van der Waals surface area (Å²) in [7, 11) is 0. The smallest absolute Gasteiger partial charge is 0.341 e. The standard InChI is InChI=1S/C24H25NO4S/c1-4-28-24(27)20-14-21(16(2)3)30-23(20)25-22(26)15-29-19-12-10-18(11-13-19)17-8-6-5-7-9-17/h5-14,16H,4,15H2,1-3H3,(H,25,26). The Bertz CT molecular complexity index is 994. The maximum absolute atomic E-state index is 12.4. The number of ether oxygens (including phenoxy) is 2. The Morgan fingerprint density at radius 3 is 2.30 bits per heavy atom. The fourth-order valence-electron chi connectivity index (χ4n) is 2.83. The number of anilines is 1. The third kappa shape index (κ3) is 5.48. The maximum atomic E-state index is 12.4. The molecule has 0 aliphatic heterocycles. The van der Waals surface area contributed by atoms with Crippen molar-refractivity contribution >= 4 is 28.2 Å². The molecule has 3 rings (SSSR count). The summed E-state index contributed by atoms with van der Waals surface area (Å²) in [6, 6.07) is 19.4. The fraction of sp³-hybridized carbons (Fsp3) is 0.250. The van der Waals surface area contributed by atoms with E-state index in [2.05, 4.69) is 5.32 Å². The number of carbonyl (C=O) groups is 2. The van der Waals surface area contributed by atoms with Gasteiger partial charge < -0.3 is 14.8 Å². The predicted molar refractivity (Wildman–Crippen MR) is 120 cm³/mol. The van der Waals surface area contributed by atoms with Crippen molar-refractivity contribution in [3.8, 4) is 16.9 Å². The van der Waals surface area contributed by atoms with Crippen LogP contribution in [0.1, 0.15) is 41.9 Å². The van der Waals surface area contributed by atoms with Crippen LogP contribution in [-0.2, 0) is 9.53 Å². The topological polar surface area (TPSA) is 64.6 Å². The van der Waals surface area contributed by atoms with Crippen LogP contribution in [0, 0.1) is 0 Å². The SMILES string of the molecule is CCOC(=O)c1cc(C(C)C)sc1NC(=O)COc1ccc(-c2ccccc2)cc1. The van der Waals surface area contributed by atoms with Gasteiger partial charge in [-0.1, -0.05) is 56.3 Å². The summed E-state index contributed by atoms with van der Waals surface area (Å²) in [4.78, 5) is 25.6. The number of rotatable bonds is 8. The Balaban J connectivity index is 1.62. The van der Waals surface area contributed by atoms with Crippen molar-refractivity contribution in [2.45, 2.75) is 26.7 Å². The molecular formula is C24H25NO4S. The van der Waals surface area contributed by atoms with Gasteiger partial charge in [-0.3, -0.25) is 4.79 Å². The van der Waals surface area contributed by atoms with E-state index in [0.29, 0.717) is 16.3 Å². The molecule has 0 unspecified atom stereocenters. The van der Waals surface area contributed by atoms with Crippen molar-refractivity contribution in [2.24, 2.45) is 0 Å². The lowest BCUT2D eigenvalue weighted by Crippen LogP contribution is -2.21. The monoisotopic (exact) mass is 423 g/mol. The third-order valence-corrected chi connectivity index (χ3v) is 5.75. The number of amides is 1. The average molecular weight is 424 g/mol. The highest BCUT2D eigenvalue weighted by Gasteiger charge is 2.20. The van der Waals surface area contributed by atoms with Crippen LogP contribution in [0.5, 0.6) is 5.75 Å². The zero-order chi connectivity index (χ0) is 21.5. The maximum Gasteiger partial charge on any atom is 0.341 e. The van der Waals surface area contributed by atoms with E-state index >= 15 is 0 Å². The van der Waals surface area contributed by atoms with Crippen LogP contribution in [0.2, 0.25) is 0 Å². The minimum absolute atomic E-state index is 0.151. The van der Waals surface area contributed by atoms with E-state index in [-0.39, 0.29) is 25.0 Å². The minimum atomic E-state index is -0.437. The third-order valence-electron chi connectivity index (χ3n) is 4.40. The molecule has 0 fully saturated rings. The Hall–Kier alpha value is -3.12. The molecule has 1 aromatic heterocycles. The lowest BCUT2D eigenvalue weighted by Gasteiger charge is -2.09. The van der Waals surface area contributed by atoms with E-state index in [9.17, 15) is 9.59 Å². The van der Waals surface area contributed by atoms with Crippen LogP contribution >= 0.6 is 11.3 Å². The second kappa shape index (κ2) is 10.1. The van der Waals surface area contributed by atoms with Crippen LogP contribution in [-0.4, -0.2) is 25.1 Å². The summed E-state index contributed by atoms with van der Waals surface area (Å²) in [5.74, 6) is 0.0795. The highest BCUT2D eigenvalue weighted by molar-refractivity contribution is 7.16. The Morgan fingerprint density at radius 2 is 1.67 bits per heavy atom. The second-order valence-corrected chi connectivity index (χ2v) is 8.08. The van der Waals surface area contributed by atoms with Crippen LogP contribution in [0.25, 0.3) is 11.1 Å². The van der Waals surface area contributed by atoms with Gasteiger partial charge in [-0.05, 0) is 42.2 Å². The van der Waals surface area contributed by atoms with E-state index in [4.69, 9.17) is 9.47 Å². The number of benzene rings is 2. The fourth-order valence-corrected chi connectivity index (χ4v) is 3.90. The van der Waals surface area contributed by atoms with Crippen LogP contribution < -0.4 is 10.1 Å². The van der Waals surface area contributed by atoms with Crippen molar-refractivity contribution in [3.63, 3.8) is 0 Å². The molecule has 0 spiro atoms. The van der Waals surface area contributed by atoms with Crippen molar-refractivity contribution in [3.05, 3.63) is 71.1 Å². The number of hydrogen-bond donors (Lipinski definition) is 1. The molecule has 0 radical (unpaired) electrons. The van der Waals surface area contributed by atoms with Crippen molar-refractivity contribution < 1.29 is 19.1 Å². The summed E-state index contributed by atoms with van der Waals surface area (Å²) in [6.45, 7) is 5.95. The van der Waals surface area contributed by atoms with Crippen LogP contribution in [0.15, 0.2) is 60.7 Å². The van der Waals surface area contributed by atoms with Crippen molar-refractivity contribution in [1.82, 2.24) is 0 Å². The highest BCUT2D eigenvalue weighted by Crippen LogP contribution is 2.33. The lowest BCUT2D eigenvalue weighted by molar-refractivity contribution is -0.118. The van der Waals surface area contributed by atoms with Gasteiger partial charge in [0, 0.05) is 4.88 Å². The molecule has 0 saturated heterocycles. The molecule has 0 saturated carbocycles. The van der Waals surface area contributed by atoms with E-state index in [0.717, 1.165) is 16.0 Å². The zero-order valence-electron chi connectivity index (χ0n) is 17.3. The highest BCUT2D eigenvalue weighted by atomic mass is 32.1. The van der Waals surface area contributed by atoms with Gasteiger partial charge in [0.25, 0.3) is 5.91 Å². The van der Waals surface area contributed by atoms with E-state index < -0.39 is 5.97 Å². The molecular weight excluding hydrogens is 398 g/mol. The molecule has 156 valence electrons. The van der Waals surface area contributed by atoms with Crippen molar-refractivity contribution in [2.75, 3.05) is 18.5 Å². The van der Waals surface area contributed by atoms with E-state index in [1.807, 2.05) is 68.4 Å². The van der Waals surface area contributed by atoms with Gasteiger partial charge in [-0.2, -0.15) is 0 Å². The minimum Gasteiger partial charge on any atom is -0.484 e. The molecule has 1 amide bonds. The number of nitrogens with one attached hydrogen (secondary N) is 1. The molecule has 2 aromatic carbocycles. The Kier molecular flexibility index (Phi) is 7.25. The first kappa shape index (κ1) is 21.6. The second-order valence-electron chi connectivity index (χ2n) is 6.99. The van der Waals surface area contributed by atoms with Gasteiger partial charge in [-0.15, -0.1) is 11.3 Å². The molecule has 6 heteroatoms. The van der Waals surface area contributed by atoms with Crippen LogP contribution in [0.3, 0.4) is 0 Å². The summed E-state index contributed by atoms with van der Waals surface area (Å²) in [5.41, 5.74) is 2.57. The molecule has 1 heterocycles. The summed E-state index contributed by atoms with van der Waals surface area (Å²) < 4.78 is 10.7. The van der Waals surface area contributed by atoms with Crippen LogP contribution in [0.4, 0.5) is 5.00 Å². The first-order valence-electron chi connectivity index (χ1n) is 9.87. The van der Waals surface area contributed by atoms with E-state index in [1.54, 1.807) is 13.0 Å². The van der Waals surface area contributed by atoms with Gasteiger partial charge in [0.05, 0.1) is 12.2 Å². The molecule has 1 N–H and O–H groups in total. The molecule has 0 bridgehead atoms. The first-order valence-corrected chi connectivity index (χ1v) is 10.7. The normalized spacial score (nSPS) is 10.7. The molecule has 30 heavy (non-hydrogen) atoms. The zero-order valence-corrected chi connectivity index (χ0v) is 18.1.